The second-order valence-electron chi connectivity index (χ2n) is 10.1. The smallest absolute Gasteiger partial charge is 0.410 e. The Morgan fingerprint density at radius 3 is 2.58 bits per heavy atom. The molecule has 8 nitrogen and oxygen atoms in total. The van der Waals surface area contributed by atoms with Crippen LogP contribution in [0.25, 0.3) is 5.57 Å². The lowest BCUT2D eigenvalue weighted by molar-refractivity contribution is 0.0240. The number of ether oxygens (including phenoxy) is 2. The van der Waals surface area contributed by atoms with Crippen molar-refractivity contribution in [3.8, 4) is 0 Å². The van der Waals surface area contributed by atoms with E-state index in [1.165, 1.54) is 24.0 Å². The first-order chi connectivity index (χ1) is 14.8. The number of carbonyl (C=O) groups is 1. The Labute approximate surface area is 183 Å². The first-order valence-electron chi connectivity index (χ1n) is 11.6. The molecule has 0 spiro atoms. The van der Waals surface area contributed by atoms with Crippen LogP contribution in [0.15, 0.2) is 5.76 Å². The number of nitrogens with two attached hydrogens (primary N) is 1. The molecule has 1 aromatic rings. The molecule has 1 saturated heterocycles. The van der Waals surface area contributed by atoms with Gasteiger partial charge in [-0.1, -0.05) is 6.42 Å². The highest BCUT2D eigenvalue weighted by molar-refractivity contribution is 5.77. The van der Waals surface area contributed by atoms with Crippen molar-refractivity contribution >= 4 is 23.4 Å². The topological polar surface area (TPSA) is 93.8 Å². The molecule has 0 aromatic carbocycles. The van der Waals surface area contributed by atoms with Gasteiger partial charge in [0.1, 0.15) is 23.3 Å². The van der Waals surface area contributed by atoms with E-state index >= 15 is 0 Å². The van der Waals surface area contributed by atoms with Crippen molar-refractivity contribution in [2.75, 3.05) is 36.8 Å². The van der Waals surface area contributed by atoms with Gasteiger partial charge >= 0.3 is 6.09 Å². The number of aromatic nitrogens is 2. The average molecular weight is 428 g/mol. The summed E-state index contributed by atoms with van der Waals surface area (Å²) in [5.41, 5.74) is 9.18. The molecule has 0 radical (unpaired) electrons. The molecule has 3 heterocycles. The molecule has 1 aromatic heterocycles. The summed E-state index contributed by atoms with van der Waals surface area (Å²) in [6, 6.07) is 0. The van der Waals surface area contributed by atoms with Crippen molar-refractivity contribution in [3.05, 3.63) is 17.0 Å². The predicted molar refractivity (Wildman–Crippen MR) is 119 cm³/mol. The number of nitrogens with zero attached hydrogens (tertiary/aromatic N) is 4. The van der Waals surface area contributed by atoms with E-state index in [-0.39, 0.29) is 6.09 Å². The van der Waals surface area contributed by atoms with E-state index in [4.69, 9.17) is 20.2 Å². The van der Waals surface area contributed by atoms with E-state index in [1.807, 2.05) is 20.8 Å². The number of anilines is 2. The van der Waals surface area contributed by atoms with Gasteiger partial charge in [0.25, 0.3) is 0 Å². The maximum absolute atomic E-state index is 12.4. The third-order valence-electron chi connectivity index (χ3n) is 6.76. The summed E-state index contributed by atoms with van der Waals surface area (Å²) in [5.74, 6) is 2.81. The highest BCUT2D eigenvalue weighted by Gasteiger charge is 2.43. The number of amides is 1. The van der Waals surface area contributed by atoms with Crippen LogP contribution in [0.3, 0.4) is 0 Å². The molecular weight excluding hydrogens is 394 g/mol. The number of hydrogen-bond acceptors (Lipinski definition) is 7. The van der Waals surface area contributed by atoms with Crippen LogP contribution in [0.1, 0.15) is 64.1 Å². The minimum Gasteiger partial charge on any atom is -0.494 e. The summed E-state index contributed by atoms with van der Waals surface area (Å²) in [6.07, 6.45) is 6.62. The largest absolute Gasteiger partial charge is 0.494 e. The van der Waals surface area contributed by atoms with E-state index in [0.29, 0.717) is 44.1 Å². The molecule has 0 bridgehead atoms. The van der Waals surface area contributed by atoms with Gasteiger partial charge in [0.15, 0.2) is 0 Å². The second-order valence-corrected chi connectivity index (χ2v) is 10.1. The van der Waals surface area contributed by atoms with Crippen LogP contribution in [0.4, 0.5) is 16.6 Å². The van der Waals surface area contributed by atoms with Crippen LogP contribution < -0.4 is 10.6 Å². The lowest BCUT2D eigenvalue weighted by Gasteiger charge is -2.37. The average Bonchev–Trinajstić information content (AvgIpc) is 3.11. The molecule has 2 N–H and O–H groups in total. The standard InChI is InChI=1S/C23H33N5O3/c1-23(2,3)31-22(29)28-12-10-27(11-13-28)20-15-8-9-17-18(19(15)25-21(24)26-20)14-6-4-5-7-16(14)30-17/h14,16H,4-13H2,1-3H3,(H2,24,25,26)/t14-,16+/m0/s1. The van der Waals surface area contributed by atoms with Gasteiger partial charge in [0, 0.05) is 49.7 Å². The van der Waals surface area contributed by atoms with Gasteiger partial charge in [0.05, 0.1) is 5.69 Å². The van der Waals surface area contributed by atoms with Gasteiger partial charge in [-0.2, -0.15) is 4.98 Å². The summed E-state index contributed by atoms with van der Waals surface area (Å²) in [4.78, 5) is 25.8. The molecule has 5 rings (SSSR count). The molecule has 1 saturated carbocycles. The highest BCUT2D eigenvalue weighted by atomic mass is 16.6. The van der Waals surface area contributed by atoms with E-state index < -0.39 is 5.60 Å². The Balaban J connectivity index is 1.37. The van der Waals surface area contributed by atoms with Crippen molar-refractivity contribution in [3.63, 3.8) is 0 Å². The van der Waals surface area contributed by atoms with Crippen molar-refractivity contribution in [2.45, 2.75) is 71.0 Å². The summed E-state index contributed by atoms with van der Waals surface area (Å²) in [5, 5.41) is 0. The van der Waals surface area contributed by atoms with Crippen LogP contribution in [-0.4, -0.2) is 58.8 Å². The molecule has 1 amide bonds. The van der Waals surface area contributed by atoms with Crippen LogP contribution in [-0.2, 0) is 15.9 Å². The van der Waals surface area contributed by atoms with Crippen molar-refractivity contribution in [1.29, 1.82) is 0 Å². The minimum absolute atomic E-state index is 0.252. The molecule has 2 atom stereocenters. The van der Waals surface area contributed by atoms with Gasteiger partial charge in [0.2, 0.25) is 5.95 Å². The Bertz CT molecular complexity index is 915. The maximum Gasteiger partial charge on any atom is 0.410 e. The quantitative estimate of drug-likeness (QED) is 0.734. The number of fused-ring (bicyclic) bond motifs is 4. The first-order valence-corrected chi connectivity index (χ1v) is 11.6. The van der Waals surface area contributed by atoms with Gasteiger partial charge in [-0.05, 0) is 46.5 Å². The Morgan fingerprint density at radius 2 is 1.84 bits per heavy atom. The molecule has 2 fully saturated rings. The number of hydrogen-bond donors (Lipinski definition) is 1. The van der Waals surface area contributed by atoms with Gasteiger partial charge in [-0.3, -0.25) is 0 Å². The molecule has 2 aliphatic carbocycles. The molecule has 0 unspecified atom stereocenters. The SMILES string of the molecule is CC(C)(C)OC(=O)N1CCN(c2nc(N)nc3c2CCC2=C3[C@H]3CCCC[C@H]3O2)CC1. The molecule has 4 aliphatic rings. The normalized spacial score (nSPS) is 25.5. The third-order valence-corrected chi connectivity index (χ3v) is 6.76. The Kier molecular flexibility index (Phi) is 4.98. The van der Waals surface area contributed by atoms with Crippen molar-refractivity contribution in [2.24, 2.45) is 5.92 Å². The zero-order valence-corrected chi connectivity index (χ0v) is 18.8. The lowest BCUT2D eigenvalue weighted by atomic mass is 9.78. The number of piperazine rings is 1. The fourth-order valence-corrected chi connectivity index (χ4v) is 5.39. The summed E-state index contributed by atoms with van der Waals surface area (Å²) >= 11 is 0. The molecule has 8 heteroatoms. The van der Waals surface area contributed by atoms with Crippen LogP contribution in [0.2, 0.25) is 0 Å². The van der Waals surface area contributed by atoms with Crippen LogP contribution >= 0.6 is 0 Å². The van der Waals surface area contributed by atoms with Crippen molar-refractivity contribution in [1.82, 2.24) is 14.9 Å². The number of carbonyl (C=O) groups excluding carboxylic acids is 1. The number of rotatable bonds is 1. The molecule has 2 aliphatic heterocycles. The second kappa shape index (κ2) is 7.57. The molecule has 31 heavy (non-hydrogen) atoms. The lowest BCUT2D eigenvalue weighted by Crippen LogP contribution is -2.50. The van der Waals surface area contributed by atoms with Gasteiger partial charge < -0.3 is 25.0 Å². The van der Waals surface area contributed by atoms with E-state index in [9.17, 15) is 4.79 Å². The molecular formula is C23H33N5O3. The Morgan fingerprint density at radius 1 is 1.10 bits per heavy atom. The van der Waals surface area contributed by atoms with Gasteiger partial charge in [-0.15, -0.1) is 0 Å². The maximum atomic E-state index is 12.4. The zero-order valence-electron chi connectivity index (χ0n) is 18.8. The van der Waals surface area contributed by atoms with E-state index in [2.05, 4.69) is 9.88 Å². The van der Waals surface area contributed by atoms with Gasteiger partial charge in [-0.25, -0.2) is 9.78 Å². The summed E-state index contributed by atoms with van der Waals surface area (Å²) in [7, 11) is 0. The Hall–Kier alpha value is -2.51. The number of nitrogen functional groups attached to an aromatic ring is 1. The molecule has 168 valence electrons. The predicted octanol–water partition coefficient (Wildman–Crippen LogP) is 3.36. The van der Waals surface area contributed by atoms with Crippen LogP contribution in [0.5, 0.6) is 0 Å². The van der Waals surface area contributed by atoms with E-state index in [1.54, 1.807) is 4.90 Å². The fourth-order valence-electron chi connectivity index (χ4n) is 5.39. The monoisotopic (exact) mass is 427 g/mol. The summed E-state index contributed by atoms with van der Waals surface area (Å²) in [6.45, 7) is 8.30. The summed E-state index contributed by atoms with van der Waals surface area (Å²) < 4.78 is 11.9. The third kappa shape index (κ3) is 3.81. The van der Waals surface area contributed by atoms with Crippen molar-refractivity contribution < 1.29 is 14.3 Å². The fraction of sp³-hybridized carbons (Fsp3) is 0.696. The van der Waals surface area contributed by atoms with Crippen LogP contribution in [0, 0.1) is 5.92 Å². The van der Waals surface area contributed by atoms with E-state index in [0.717, 1.165) is 43.0 Å². The first kappa shape index (κ1) is 20.4. The highest BCUT2D eigenvalue weighted by Crippen LogP contribution is 2.50. The number of allylic oxidation sites excluding steroid dienone is 1. The zero-order chi connectivity index (χ0) is 21.8. The minimum atomic E-state index is -0.486.